The Balaban J connectivity index is 1.07. The van der Waals surface area contributed by atoms with E-state index < -0.39 is 34.6 Å². The summed E-state index contributed by atoms with van der Waals surface area (Å²) in [7, 11) is 0. The highest BCUT2D eigenvalue weighted by molar-refractivity contribution is 5.90. The second-order valence-corrected chi connectivity index (χ2v) is 17.2. The van der Waals surface area contributed by atoms with E-state index in [0.717, 1.165) is 37.9 Å². The number of piperazine rings is 1. The Bertz CT molecular complexity index is 1730. The first kappa shape index (κ1) is 39.5. The zero-order chi connectivity index (χ0) is 38.9. The van der Waals surface area contributed by atoms with Gasteiger partial charge in [0.15, 0.2) is 0 Å². The highest BCUT2D eigenvalue weighted by atomic mass is 16.6. The molecule has 15 nitrogen and oxygen atoms in total. The lowest BCUT2D eigenvalue weighted by Crippen LogP contribution is -2.72. The summed E-state index contributed by atoms with van der Waals surface area (Å²) in [6, 6.07) is 9.42. The fourth-order valence-corrected chi connectivity index (χ4v) is 7.07. The molecule has 5 amide bonds. The van der Waals surface area contributed by atoms with Gasteiger partial charge in [-0.15, -0.1) is 0 Å². The Morgan fingerprint density at radius 2 is 1.45 bits per heavy atom. The second-order valence-electron chi connectivity index (χ2n) is 17.2. The van der Waals surface area contributed by atoms with Crippen LogP contribution in [0.4, 0.5) is 20.2 Å². The topological polar surface area (TPSA) is 167 Å². The van der Waals surface area contributed by atoms with Crippen LogP contribution >= 0.6 is 0 Å². The van der Waals surface area contributed by atoms with Crippen molar-refractivity contribution in [2.24, 2.45) is 5.41 Å². The van der Waals surface area contributed by atoms with Crippen molar-refractivity contribution in [1.29, 1.82) is 0 Å². The number of nitrogens with zero attached hydrogens (tertiary/aromatic N) is 5. The number of rotatable bonds is 8. The second kappa shape index (κ2) is 15.0. The third kappa shape index (κ3) is 9.86. The van der Waals surface area contributed by atoms with Gasteiger partial charge in [-0.05, 0) is 105 Å². The van der Waals surface area contributed by atoms with Crippen molar-refractivity contribution in [3.63, 3.8) is 0 Å². The quantitative estimate of drug-likeness (QED) is 0.361. The molecule has 2 unspecified atom stereocenters. The number of hydrogen-bond donors (Lipinski definition) is 3. The van der Waals surface area contributed by atoms with E-state index in [1.807, 2.05) is 45.0 Å². The van der Waals surface area contributed by atoms with Gasteiger partial charge in [-0.1, -0.05) is 12.1 Å². The van der Waals surface area contributed by atoms with E-state index in [-0.39, 0.29) is 55.5 Å². The monoisotopic (exact) mass is 736 g/mol. The molecular formula is C38H56N8O7. The van der Waals surface area contributed by atoms with Gasteiger partial charge in [-0.2, -0.15) is 4.98 Å². The highest BCUT2D eigenvalue weighted by Gasteiger charge is 2.56. The Labute approximate surface area is 311 Å². The minimum absolute atomic E-state index is 0.130. The van der Waals surface area contributed by atoms with Crippen LogP contribution in [0.1, 0.15) is 80.7 Å². The molecule has 2 saturated heterocycles. The zero-order valence-electron chi connectivity index (χ0n) is 32.6. The SMILES string of the molecule is CC(Cc1ccc(-n2ccc(NC(=O)N3CCN(C(=O)C(C)(C)NC(=O)OC(C)(C)C)CC3)nc2=O)cc1)N1CC2(CCC2NC(=O)OC(C)(C)C)C1. The summed E-state index contributed by atoms with van der Waals surface area (Å²) in [5, 5.41) is 8.41. The molecule has 1 spiro atoms. The van der Waals surface area contributed by atoms with Crippen LogP contribution < -0.4 is 21.6 Å². The number of urea groups is 1. The predicted octanol–water partition coefficient (Wildman–Crippen LogP) is 4.13. The molecule has 1 aromatic carbocycles. The molecule has 5 rings (SSSR count). The first-order chi connectivity index (χ1) is 24.6. The van der Waals surface area contributed by atoms with Gasteiger partial charge in [0, 0.05) is 63.0 Å². The normalized spacial score (nSPS) is 19.4. The average molecular weight is 737 g/mol. The van der Waals surface area contributed by atoms with Gasteiger partial charge in [0.2, 0.25) is 5.91 Å². The summed E-state index contributed by atoms with van der Waals surface area (Å²) in [4.78, 5) is 73.4. The van der Waals surface area contributed by atoms with Gasteiger partial charge in [0.1, 0.15) is 22.6 Å². The lowest BCUT2D eigenvalue weighted by atomic mass is 9.59. The predicted molar refractivity (Wildman–Crippen MR) is 200 cm³/mol. The van der Waals surface area contributed by atoms with Crippen LogP contribution in [0.25, 0.3) is 5.69 Å². The molecule has 0 radical (unpaired) electrons. The van der Waals surface area contributed by atoms with Crippen LogP contribution in [0.5, 0.6) is 0 Å². The molecule has 53 heavy (non-hydrogen) atoms. The van der Waals surface area contributed by atoms with Crippen LogP contribution in [-0.2, 0) is 20.7 Å². The Morgan fingerprint density at radius 3 is 2.00 bits per heavy atom. The number of alkyl carbamates (subject to hydrolysis) is 2. The van der Waals surface area contributed by atoms with Crippen molar-refractivity contribution in [1.82, 2.24) is 34.9 Å². The Kier molecular flexibility index (Phi) is 11.2. The molecule has 1 aliphatic carbocycles. The van der Waals surface area contributed by atoms with E-state index in [2.05, 4.69) is 32.8 Å². The maximum atomic E-state index is 13.2. The van der Waals surface area contributed by atoms with Gasteiger partial charge < -0.3 is 29.9 Å². The maximum Gasteiger partial charge on any atom is 0.408 e. The van der Waals surface area contributed by atoms with Gasteiger partial charge in [-0.3, -0.25) is 19.6 Å². The van der Waals surface area contributed by atoms with E-state index >= 15 is 0 Å². The number of benzene rings is 1. The molecule has 2 aliphatic heterocycles. The molecule has 290 valence electrons. The zero-order valence-corrected chi connectivity index (χ0v) is 32.6. The van der Waals surface area contributed by atoms with Crippen LogP contribution in [0.3, 0.4) is 0 Å². The highest BCUT2D eigenvalue weighted by Crippen LogP contribution is 2.49. The number of amides is 5. The standard InChI is InChI=1S/C38H56N8O7/c1-25(45-23-38(24-45)16-14-28(38)39-33(50)52-35(2,3)4)22-26-10-12-27(13-11-26)46-17-15-29(41-32(46)49)40-31(48)44-20-18-43(19-21-44)30(47)37(8,9)42-34(51)53-36(5,6)7/h10-13,15,17,25,28H,14,16,18-24H2,1-9H3,(H,39,50)(H,42,51)(H,40,41,48,49). The Morgan fingerprint density at radius 1 is 0.868 bits per heavy atom. The fraction of sp³-hybridized carbons (Fsp3) is 0.632. The molecule has 15 heteroatoms. The van der Waals surface area contributed by atoms with Crippen molar-refractivity contribution in [3.05, 3.63) is 52.6 Å². The van der Waals surface area contributed by atoms with E-state index in [9.17, 15) is 24.0 Å². The van der Waals surface area contributed by atoms with Crippen molar-refractivity contribution in [2.75, 3.05) is 44.6 Å². The first-order valence-electron chi connectivity index (χ1n) is 18.4. The molecule has 1 aromatic heterocycles. The minimum atomic E-state index is -1.19. The molecule has 3 aliphatic rings. The number of aromatic nitrogens is 2. The number of carbonyl (C=O) groups excluding carboxylic acids is 4. The van der Waals surface area contributed by atoms with Crippen molar-refractivity contribution in [3.8, 4) is 5.69 Å². The smallest absolute Gasteiger partial charge is 0.408 e. The number of hydrogen-bond acceptors (Lipinski definition) is 9. The summed E-state index contributed by atoms with van der Waals surface area (Å²) < 4.78 is 12.2. The summed E-state index contributed by atoms with van der Waals surface area (Å²) in [6.07, 6.45) is 3.48. The van der Waals surface area contributed by atoms with E-state index in [0.29, 0.717) is 11.7 Å². The lowest BCUT2D eigenvalue weighted by molar-refractivity contribution is -0.138. The summed E-state index contributed by atoms with van der Waals surface area (Å²) in [5.74, 6) is -0.149. The first-order valence-corrected chi connectivity index (χ1v) is 18.4. The number of anilines is 1. The average Bonchev–Trinajstić information content (AvgIpc) is 3.01. The minimum Gasteiger partial charge on any atom is -0.444 e. The molecule has 3 N–H and O–H groups in total. The van der Waals surface area contributed by atoms with E-state index in [1.165, 1.54) is 4.57 Å². The molecule has 1 saturated carbocycles. The number of ether oxygens (including phenoxy) is 2. The Hall–Kier alpha value is -4.66. The molecule has 2 atom stereocenters. The van der Waals surface area contributed by atoms with Crippen LogP contribution in [-0.4, -0.2) is 116 Å². The fourth-order valence-electron chi connectivity index (χ4n) is 7.07. The van der Waals surface area contributed by atoms with Gasteiger partial charge in [-0.25, -0.2) is 19.2 Å². The van der Waals surface area contributed by atoms with Crippen LogP contribution in [0.2, 0.25) is 0 Å². The third-order valence-corrected chi connectivity index (χ3v) is 10.0. The third-order valence-electron chi connectivity index (χ3n) is 10.0. The van der Waals surface area contributed by atoms with Crippen LogP contribution in [0.15, 0.2) is 41.3 Å². The summed E-state index contributed by atoms with van der Waals surface area (Å²) in [6.45, 7) is 19.3. The van der Waals surface area contributed by atoms with E-state index in [1.54, 1.807) is 56.7 Å². The number of carbonyl (C=O) groups is 4. The lowest BCUT2D eigenvalue weighted by Gasteiger charge is -2.62. The molecule has 0 bridgehead atoms. The molecule has 3 heterocycles. The molecular weight excluding hydrogens is 680 g/mol. The summed E-state index contributed by atoms with van der Waals surface area (Å²) in [5.41, 5.74) is -0.993. The number of nitrogens with one attached hydrogen (secondary N) is 3. The van der Waals surface area contributed by atoms with Crippen LogP contribution in [0, 0.1) is 5.41 Å². The van der Waals surface area contributed by atoms with Gasteiger partial charge in [0.05, 0.1) is 5.69 Å². The van der Waals surface area contributed by atoms with Crippen molar-refractivity contribution >= 4 is 29.9 Å². The largest absolute Gasteiger partial charge is 0.444 e. The van der Waals surface area contributed by atoms with Crippen molar-refractivity contribution in [2.45, 2.75) is 110 Å². The van der Waals surface area contributed by atoms with Gasteiger partial charge >= 0.3 is 23.9 Å². The van der Waals surface area contributed by atoms with E-state index in [4.69, 9.17) is 9.47 Å². The maximum absolute atomic E-state index is 13.2. The molecule has 3 fully saturated rings. The van der Waals surface area contributed by atoms with Crippen molar-refractivity contribution < 1.29 is 28.7 Å². The van der Waals surface area contributed by atoms with Gasteiger partial charge in [0.25, 0.3) is 0 Å². The molecule has 2 aromatic rings. The summed E-state index contributed by atoms with van der Waals surface area (Å²) >= 11 is 0. The number of likely N-dealkylation sites (tertiary alicyclic amines) is 1.